The van der Waals surface area contributed by atoms with Crippen LogP contribution in [0.2, 0.25) is 0 Å². The maximum atomic E-state index is 11.5. The summed E-state index contributed by atoms with van der Waals surface area (Å²) in [4.78, 5) is 24.5. The van der Waals surface area contributed by atoms with E-state index >= 15 is 0 Å². The lowest BCUT2D eigenvalue weighted by molar-refractivity contribution is -0.145. The van der Waals surface area contributed by atoms with Crippen LogP contribution in [0.5, 0.6) is 0 Å². The molecule has 0 bridgehead atoms. The highest BCUT2D eigenvalue weighted by molar-refractivity contribution is 5.83. The second-order valence-corrected chi connectivity index (χ2v) is 4.37. The van der Waals surface area contributed by atoms with Gasteiger partial charge in [0.15, 0.2) is 0 Å². The van der Waals surface area contributed by atoms with Gasteiger partial charge >= 0.3 is 5.97 Å². The predicted molar refractivity (Wildman–Crippen MR) is 61.3 cm³/mol. The molecule has 6 heteroatoms. The average molecular weight is 244 g/mol. The van der Waals surface area contributed by atoms with Crippen molar-refractivity contribution in [1.29, 1.82) is 0 Å². The number of rotatable bonds is 5. The molecule has 0 aromatic heterocycles. The van der Waals surface area contributed by atoms with Gasteiger partial charge in [0.25, 0.3) is 0 Å². The average Bonchev–Trinajstić information content (AvgIpc) is 2.74. The lowest BCUT2D eigenvalue weighted by Gasteiger charge is -2.22. The van der Waals surface area contributed by atoms with E-state index in [9.17, 15) is 9.59 Å². The third kappa shape index (κ3) is 4.32. The first-order chi connectivity index (χ1) is 8.06. The summed E-state index contributed by atoms with van der Waals surface area (Å²) in [7, 11) is 1.30. The Labute approximate surface area is 101 Å². The molecule has 0 saturated carbocycles. The highest BCUT2D eigenvalue weighted by Gasteiger charge is 2.28. The van der Waals surface area contributed by atoms with Crippen molar-refractivity contribution >= 4 is 11.9 Å². The van der Waals surface area contributed by atoms with Crippen molar-refractivity contribution in [3.8, 4) is 0 Å². The number of hydrogen-bond donors (Lipinski definition) is 2. The summed E-state index contributed by atoms with van der Waals surface area (Å²) >= 11 is 0. The van der Waals surface area contributed by atoms with Gasteiger partial charge in [-0.25, -0.2) is 4.79 Å². The lowest BCUT2D eigenvalue weighted by Crippen LogP contribution is -2.48. The molecule has 6 nitrogen and oxygen atoms in total. The Kier molecular flexibility index (Phi) is 5.37. The maximum Gasteiger partial charge on any atom is 0.329 e. The Morgan fingerprint density at radius 3 is 2.76 bits per heavy atom. The number of hydrogen-bond acceptors (Lipinski definition) is 5. The Morgan fingerprint density at radius 2 is 2.29 bits per heavy atom. The number of amides is 1. The molecule has 1 heterocycles. The predicted octanol–water partition coefficient (Wildman–Crippen LogP) is -1.02. The van der Waals surface area contributed by atoms with E-state index in [-0.39, 0.29) is 18.4 Å². The molecule has 0 aliphatic carbocycles. The Bertz CT molecular complexity index is 283. The third-order valence-electron chi connectivity index (χ3n) is 2.93. The molecule has 17 heavy (non-hydrogen) atoms. The molecule has 1 aliphatic rings. The first kappa shape index (κ1) is 13.9. The van der Waals surface area contributed by atoms with Gasteiger partial charge in [-0.3, -0.25) is 4.79 Å². The van der Waals surface area contributed by atoms with E-state index in [4.69, 9.17) is 5.11 Å². The van der Waals surface area contributed by atoms with Crippen molar-refractivity contribution in [3.63, 3.8) is 0 Å². The number of esters is 1. The number of aliphatic hydroxyl groups is 1. The Balaban J connectivity index is 2.48. The summed E-state index contributed by atoms with van der Waals surface area (Å²) in [5.74, 6) is -0.420. The van der Waals surface area contributed by atoms with Crippen molar-refractivity contribution in [2.75, 3.05) is 33.4 Å². The second-order valence-electron chi connectivity index (χ2n) is 4.37. The van der Waals surface area contributed by atoms with E-state index in [1.54, 1.807) is 0 Å². The molecule has 1 aliphatic heterocycles. The van der Waals surface area contributed by atoms with Crippen LogP contribution in [0, 0.1) is 5.92 Å². The van der Waals surface area contributed by atoms with Crippen LogP contribution in [-0.2, 0) is 14.3 Å². The van der Waals surface area contributed by atoms with Crippen molar-refractivity contribution in [2.45, 2.75) is 19.4 Å². The second kappa shape index (κ2) is 6.56. The van der Waals surface area contributed by atoms with Crippen molar-refractivity contribution < 1.29 is 19.4 Å². The number of methoxy groups -OCH3 is 1. The molecule has 0 aromatic rings. The van der Waals surface area contributed by atoms with E-state index in [0.29, 0.717) is 6.54 Å². The van der Waals surface area contributed by atoms with Crippen molar-refractivity contribution in [3.05, 3.63) is 0 Å². The Hall–Kier alpha value is -1.14. The fourth-order valence-corrected chi connectivity index (χ4v) is 2.05. The number of carbonyl (C=O) groups excluding carboxylic acids is 2. The van der Waals surface area contributed by atoms with Gasteiger partial charge in [0.1, 0.15) is 6.04 Å². The molecule has 98 valence electrons. The monoisotopic (exact) mass is 244 g/mol. The summed E-state index contributed by atoms with van der Waals surface area (Å²) in [5.41, 5.74) is 0. The summed E-state index contributed by atoms with van der Waals surface area (Å²) in [6, 6.07) is -0.630. The minimum Gasteiger partial charge on any atom is -0.467 e. The van der Waals surface area contributed by atoms with E-state index in [1.165, 1.54) is 14.0 Å². The van der Waals surface area contributed by atoms with Gasteiger partial charge in [-0.2, -0.15) is 0 Å². The zero-order chi connectivity index (χ0) is 12.8. The molecule has 0 radical (unpaired) electrons. The molecule has 1 fully saturated rings. The molecule has 0 spiro atoms. The molecule has 1 rings (SSSR count). The zero-order valence-corrected chi connectivity index (χ0v) is 10.3. The van der Waals surface area contributed by atoms with Crippen molar-refractivity contribution in [2.24, 2.45) is 5.92 Å². The van der Waals surface area contributed by atoms with E-state index in [0.717, 1.165) is 19.5 Å². The molecule has 2 atom stereocenters. The summed E-state index contributed by atoms with van der Waals surface area (Å²) in [6.45, 7) is 3.56. The number of carbonyl (C=O) groups is 2. The van der Waals surface area contributed by atoms with Crippen LogP contribution in [0.25, 0.3) is 0 Å². The molecule has 0 aromatic carbocycles. The van der Waals surface area contributed by atoms with Crippen LogP contribution in [0.1, 0.15) is 13.3 Å². The van der Waals surface area contributed by atoms with Crippen LogP contribution in [0.4, 0.5) is 0 Å². The van der Waals surface area contributed by atoms with E-state index in [2.05, 4.69) is 15.0 Å². The van der Waals surface area contributed by atoms with E-state index < -0.39 is 12.0 Å². The number of nitrogens with one attached hydrogen (secondary N) is 1. The molecular weight excluding hydrogens is 224 g/mol. The minimum absolute atomic E-state index is 0.166. The number of ether oxygens (including phenoxy) is 1. The van der Waals surface area contributed by atoms with Gasteiger partial charge in [-0.1, -0.05) is 0 Å². The highest BCUT2D eigenvalue weighted by Crippen LogP contribution is 2.15. The minimum atomic E-state index is -0.630. The normalized spacial score (nSPS) is 22.2. The first-order valence-electron chi connectivity index (χ1n) is 5.75. The van der Waals surface area contributed by atoms with Crippen LogP contribution >= 0.6 is 0 Å². The van der Waals surface area contributed by atoms with E-state index in [1.807, 2.05) is 0 Å². The van der Waals surface area contributed by atoms with Gasteiger partial charge in [0, 0.05) is 26.6 Å². The van der Waals surface area contributed by atoms with Gasteiger partial charge in [0.2, 0.25) is 5.91 Å². The highest BCUT2D eigenvalue weighted by atomic mass is 16.5. The zero-order valence-electron chi connectivity index (χ0n) is 10.3. The van der Waals surface area contributed by atoms with Gasteiger partial charge in [-0.15, -0.1) is 0 Å². The number of aliphatic hydroxyl groups excluding tert-OH is 1. The van der Waals surface area contributed by atoms with Crippen LogP contribution < -0.4 is 5.32 Å². The molecular formula is C11H20N2O4. The smallest absolute Gasteiger partial charge is 0.329 e. The summed E-state index contributed by atoms with van der Waals surface area (Å²) in [5, 5.41) is 11.6. The van der Waals surface area contributed by atoms with Gasteiger partial charge in [0.05, 0.1) is 7.11 Å². The fraction of sp³-hybridized carbons (Fsp3) is 0.818. The van der Waals surface area contributed by atoms with Crippen LogP contribution in [0.15, 0.2) is 0 Å². The summed E-state index contributed by atoms with van der Waals surface area (Å²) in [6.07, 6.45) is 0.921. The fourth-order valence-electron chi connectivity index (χ4n) is 2.05. The number of likely N-dealkylation sites (tertiary alicyclic amines) is 1. The number of nitrogens with zero attached hydrogens (tertiary/aromatic N) is 1. The Morgan fingerprint density at radius 1 is 1.59 bits per heavy atom. The quantitative estimate of drug-likeness (QED) is 0.605. The molecule has 2 unspecified atom stereocenters. The summed E-state index contributed by atoms with van der Waals surface area (Å²) < 4.78 is 4.65. The first-order valence-corrected chi connectivity index (χ1v) is 5.75. The van der Waals surface area contributed by atoms with Gasteiger partial charge < -0.3 is 20.1 Å². The van der Waals surface area contributed by atoms with Gasteiger partial charge in [-0.05, 0) is 18.9 Å². The molecule has 1 saturated heterocycles. The SMILES string of the molecule is COC(=O)C(CN1CCC(CO)C1)NC(C)=O. The lowest BCUT2D eigenvalue weighted by atomic mass is 10.1. The molecule has 1 amide bonds. The third-order valence-corrected chi connectivity index (χ3v) is 2.93. The van der Waals surface area contributed by atoms with Crippen LogP contribution in [-0.4, -0.2) is 61.3 Å². The maximum absolute atomic E-state index is 11.5. The van der Waals surface area contributed by atoms with Crippen LogP contribution in [0.3, 0.4) is 0 Å². The van der Waals surface area contributed by atoms with Crippen molar-refractivity contribution in [1.82, 2.24) is 10.2 Å². The molecule has 2 N–H and O–H groups in total. The largest absolute Gasteiger partial charge is 0.467 e. The standard InChI is InChI=1S/C11H20N2O4/c1-8(15)12-10(11(16)17-2)6-13-4-3-9(5-13)7-14/h9-10,14H,3-7H2,1-2H3,(H,12,15). The topological polar surface area (TPSA) is 78.9 Å².